The van der Waals surface area contributed by atoms with Gasteiger partial charge in [-0.2, -0.15) is 0 Å². The number of benzene rings is 1. The summed E-state index contributed by atoms with van der Waals surface area (Å²) in [5.74, 6) is 0.869. The van der Waals surface area contributed by atoms with Crippen molar-refractivity contribution in [2.24, 2.45) is 0 Å². The van der Waals surface area contributed by atoms with Crippen molar-refractivity contribution >= 4 is 21.4 Å². The van der Waals surface area contributed by atoms with Crippen LogP contribution in [0.3, 0.4) is 0 Å². The number of rotatable bonds is 2. The number of hydrogen-bond donors (Lipinski definition) is 0. The first kappa shape index (κ1) is 11.6. The van der Waals surface area contributed by atoms with Crippen LogP contribution in [0.1, 0.15) is 50.0 Å². The molecule has 0 unspecified atom stereocenters. The molecule has 0 N–H and O–H groups in total. The fourth-order valence-electron chi connectivity index (χ4n) is 2.13. The van der Waals surface area contributed by atoms with E-state index in [4.69, 9.17) is 0 Å². The number of halogens is 1. The molecule has 86 valence electrons. The third-order valence-corrected chi connectivity index (χ3v) is 4.29. The summed E-state index contributed by atoms with van der Waals surface area (Å²) in [6.45, 7) is 8.81. The molecule has 0 aliphatic rings. The largest absolute Gasteiger partial charge is 0.207 e. The topological polar surface area (TPSA) is 0 Å². The molecule has 0 spiro atoms. The molecule has 0 saturated carbocycles. The van der Waals surface area contributed by atoms with Gasteiger partial charge in [0.1, 0.15) is 5.82 Å². The normalized spacial score (nSPS) is 11.9. The lowest BCUT2D eigenvalue weighted by Gasteiger charge is -2.10. The molecule has 0 nitrogen and oxygen atoms in total. The van der Waals surface area contributed by atoms with E-state index in [9.17, 15) is 4.39 Å². The molecule has 0 amide bonds. The zero-order valence-electron chi connectivity index (χ0n) is 10.2. The minimum atomic E-state index is -0.139. The Hall–Kier alpha value is -0.890. The average Bonchev–Trinajstić information content (AvgIpc) is 2.55. The first-order chi connectivity index (χ1) is 7.50. The van der Waals surface area contributed by atoms with Gasteiger partial charge in [-0.1, -0.05) is 33.8 Å². The maximum absolute atomic E-state index is 13.2. The Morgan fingerprint density at radius 1 is 1.06 bits per heavy atom. The van der Waals surface area contributed by atoms with Crippen LogP contribution in [-0.4, -0.2) is 0 Å². The first-order valence-corrected chi connectivity index (χ1v) is 6.54. The van der Waals surface area contributed by atoms with Gasteiger partial charge in [-0.25, -0.2) is 4.39 Å². The number of hydrogen-bond acceptors (Lipinski definition) is 1. The predicted molar refractivity (Wildman–Crippen MR) is 70.0 cm³/mol. The summed E-state index contributed by atoms with van der Waals surface area (Å²) < 4.78 is 14.3. The molecular weight excluding hydrogens is 219 g/mol. The molecule has 0 aliphatic carbocycles. The molecule has 0 bridgehead atoms. The lowest BCUT2D eigenvalue weighted by atomic mass is 9.95. The minimum Gasteiger partial charge on any atom is -0.207 e. The third-order valence-electron chi connectivity index (χ3n) is 2.82. The summed E-state index contributed by atoms with van der Waals surface area (Å²) >= 11 is 1.73. The van der Waals surface area contributed by atoms with Crippen molar-refractivity contribution in [3.8, 4) is 0 Å². The average molecular weight is 236 g/mol. The van der Waals surface area contributed by atoms with E-state index in [0.717, 1.165) is 4.70 Å². The van der Waals surface area contributed by atoms with Gasteiger partial charge in [-0.15, -0.1) is 11.3 Å². The van der Waals surface area contributed by atoms with Crippen molar-refractivity contribution in [1.29, 1.82) is 0 Å². The number of thiophene rings is 1. The van der Waals surface area contributed by atoms with Gasteiger partial charge < -0.3 is 0 Å². The van der Waals surface area contributed by atoms with Crippen LogP contribution in [0.4, 0.5) is 4.39 Å². The van der Waals surface area contributed by atoms with E-state index in [1.165, 1.54) is 15.8 Å². The maximum atomic E-state index is 13.2. The Morgan fingerprint density at radius 2 is 1.75 bits per heavy atom. The molecule has 2 heteroatoms. The van der Waals surface area contributed by atoms with E-state index < -0.39 is 0 Å². The zero-order chi connectivity index (χ0) is 11.9. The second kappa shape index (κ2) is 4.17. The molecule has 2 rings (SSSR count). The smallest absolute Gasteiger partial charge is 0.124 e. The first-order valence-electron chi connectivity index (χ1n) is 5.72. The van der Waals surface area contributed by atoms with Crippen molar-refractivity contribution in [2.45, 2.75) is 39.5 Å². The highest BCUT2D eigenvalue weighted by Crippen LogP contribution is 2.40. The molecule has 16 heavy (non-hydrogen) atoms. The van der Waals surface area contributed by atoms with E-state index >= 15 is 0 Å². The molecule has 0 fully saturated rings. The van der Waals surface area contributed by atoms with Gasteiger partial charge in [-0.3, -0.25) is 0 Å². The van der Waals surface area contributed by atoms with E-state index in [1.54, 1.807) is 23.5 Å². The van der Waals surface area contributed by atoms with Gasteiger partial charge in [-0.05, 0) is 34.9 Å². The van der Waals surface area contributed by atoms with Gasteiger partial charge in [0.25, 0.3) is 0 Å². The van der Waals surface area contributed by atoms with Crippen molar-refractivity contribution in [3.63, 3.8) is 0 Å². The third kappa shape index (κ3) is 1.86. The SMILES string of the molecule is CC(C)c1sc2cc(F)ccc2c1C(C)C. The van der Waals surface area contributed by atoms with Crippen LogP contribution in [0.5, 0.6) is 0 Å². The van der Waals surface area contributed by atoms with Gasteiger partial charge in [0.15, 0.2) is 0 Å². The van der Waals surface area contributed by atoms with Crippen molar-refractivity contribution in [2.75, 3.05) is 0 Å². The van der Waals surface area contributed by atoms with Crippen molar-refractivity contribution < 1.29 is 4.39 Å². The summed E-state index contributed by atoms with van der Waals surface area (Å²) in [7, 11) is 0. The molecule has 0 saturated heterocycles. The Labute approximate surface area is 100 Å². The summed E-state index contributed by atoms with van der Waals surface area (Å²) in [5, 5.41) is 1.23. The van der Waals surface area contributed by atoms with Crippen LogP contribution < -0.4 is 0 Å². The van der Waals surface area contributed by atoms with Gasteiger partial charge >= 0.3 is 0 Å². The van der Waals surface area contributed by atoms with Gasteiger partial charge in [0, 0.05) is 9.58 Å². The van der Waals surface area contributed by atoms with Crippen molar-refractivity contribution in [3.05, 3.63) is 34.5 Å². The Morgan fingerprint density at radius 3 is 2.31 bits per heavy atom. The molecule has 1 aromatic carbocycles. The highest BCUT2D eigenvalue weighted by atomic mass is 32.1. The second-order valence-corrected chi connectivity index (χ2v) is 5.91. The van der Waals surface area contributed by atoms with Gasteiger partial charge in [0.05, 0.1) is 0 Å². The van der Waals surface area contributed by atoms with E-state index in [-0.39, 0.29) is 5.82 Å². The fraction of sp³-hybridized carbons (Fsp3) is 0.429. The molecule has 0 aliphatic heterocycles. The summed E-state index contributed by atoms with van der Waals surface area (Å²) in [6, 6.07) is 5.13. The lowest BCUT2D eigenvalue weighted by molar-refractivity contribution is 0.630. The van der Waals surface area contributed by atoms with Crippen LogP contribution in [0.2, 0.25) is 0 Å². The molecule has 1 heterocycles. The van der Waals surface area contributed by atoms with Crippen molar-refractivity contribution in [1.82, 2.24) is 0 Å². The van der Waals surface area contributed by atoms with E-state index in [2.05, 4.69) is 27.7 Å². The van der Waals surface area contributed by atoms with E-state index in [1.807, 2.05) is 6.07 Å². The van der Waals surface area contributed by atoms with Crippen LogP contribution in [0.15, 0.2) is 18.2 Å². The van der Waals surface area contributed by atoms with Crippen LogP contribution in [-0.2, 0) is 0 Å². The molecule has 1 aromatic heterocycles. The monoisotopic (exact) mass is 236 g/mol. The maximum Gasteiger partial charge on any atom is 0.124 e. The quantitative estimate of drug-likeness (QED) is 0.665. The van der Waals surface area contributed by atoms with E-state index in [0.29, 0.717) is 11.8 Å². The standard InChI is InChI=1S/C14H17FS/c1-8(2)13-11-6-5-10(15)7-12(11)16-14(13)9(3)4/h5-9H,1-4H3. The Bertz CT molecular complexity index is 509. The van der Waals surface area contributed by atoms with Crippen LogP contribution in [0, 0.1) is 5.82 Å². The Kier molecular flexibility index (Phi) is 3.02. The Balaban J connectivity index is 2.75. The zero-order valence-corrected chi connectivity index (χ0v) is 11.0. The fourth-order valence-corrected chi connectivity index (χ4v) is 3.52. The molecule has 2 aromatic rings. The van der Waals surface area contributed by atoms with Crippen LogP contribution >= 0.6 is 11.3 Å². The summed E-state index contributed by atoms with van der Waals surface area (Å²) in [4.78, 5) is 1.40. The van der Waals surface area contributed by atoms with Crippen LogP contribution in [0.25, 0.3) is 10.1 Å². The molecular formula is C14H17FS. The predicted octanol–water partition coefficient (Wildman–Crippen LogP) is 5.29. The summed E-state index contributed by atoms with van der Waals surface area (Å²) in [5.41, 5.74) is 1.40. The minimum absolute atomic E-state index is 0.139. The highest BCUT2D eigenvalue weighted by Gasteiger charge is 2.17. The second-order valence-electron chi connectivity index (χ2n) is 4.83. The molecule has 0 atom stereocenters. The highest BCUT2D eigenvalue weighted by molar-refractivity contribution is 7.19. The summed E-state index contributed by atoms with van der Waals surface area (Å²) in [6.07, 6.45) is 0. The lowest BCUT2D eigenvalue weighted by Crippen LogP contribution is -1.93. The molecule has 0 radical (unpaired) electrons. The van der Waals surface area contributed by atoms with Gasteiger partial charge in [0.2, 0.25) is 0 Å². The number of fused-ring (bicyclic) bond motifs is 1.